The monoisotopic (exact) mass is 322 g/mol. The van der Waals surface area contributed by atoms with Crippen molar-refractivity contribution in [1.29, 1.82) is 5.26 Å². The van der Waals surface area contributed by atoms with Gasteiger partial charge < -0.3 is 10.2 Å². The van der Waals surface area contributed by atoms with E-state index in [4.69, 9.17) is 5.26 Å². The zero-order chi connectivity index (χ0) is 17.1. The molecule has 1 N–H and O–H groups in total. The highest BCUT2D eigenvalue weighted by Crippen LogP contribution is 2.30. The van der Waals surface area contributed by atoms with Crippen LogP contribution in [0.5, 0.6) is 0 Å². The number of carbonyl (C=O) groups excluding carboxylic acids is 1. The van der Waals surface area contributed by atoms with Crippen LogP contribution in [0.1, 0.15) is 18.4 Å². The number of hydrogen-bond acceptors (Lipinski definition) is 5. The number of amides is 1. The predicted octanol–water partition coefficient (Wildman–Crippen LogP) is 3.34. The Morgan fingerprint density at radius 1 is 1.21 bits per heavy atom. The molecule has 1 saturated heterocycles. The number of nitro benzene ring substituents is 1. The van der Waals surface area contributed by atoms with E-state index in [-0.39, 0.29) is 17.3 Å². The Hall–Kier alpha value is -3.40. The lowest BCUT2D eigenvalue weighted by molar-refractivity contribution is -0.383. The molecule has 0 atom stereocenters. The average molecular weight is 322 g/mol. The van der Waals surface area contributed by atoms with Crippen LogP contribution in [0.4, 0.5) is 22.7 Å². The van der Waals surface area contributed by atoms with E-state index in [0.29, 0.717) is 24.2 Å². The summed E-state index contributed by atoms with van der Waals surface area (Å²) in [5, 5.41) is 23.0. The predicted molar refractivity (Wildman–Crippen MR) is 89.1 cm³/mol. The Morgan fingerprint density at radius 2 is 1.96 bits per heavy atom. The molecule has 7 heteroatoms. The van der Waals surface area contributed by atoms with Crippen LogP contribution in [0.25, 0.3) is 0 Å². The van der Waals surface area contributed by atoms with Gasteiger partial charge in [0.15, 0.2) is 0 Å². The van der Waals surface area contributed by atoms with Crippen molar-refractivity contribution < 1.29 is 9.72 Å². The summed E-state index contributed by atoms with van der Waals surface area (Å²) in [5.74, 6) is 0.105. The topological polar surface area (TPSA) is 99.3 Å². The second-order valence-corrected chi connectivity index (χ2v) is 5.42. The summed E-state index contributed by atoms with van der Waals surface area (Å²) in [5.41, 5.74) is 1.94. The second kappa shape index (κ2) is 6.38. The molecule has 0 aromatic heterocycles. The molecule has 24 heavy (non-hydrogen) atoms. The summed E-state index contributed by atoms with van der Waals surface area (Å²) in [6.07, 6.45) is 1.42. The zero-order valence-electron chi connectivity index (χ0n) is 12.7. The standard InChI is InChI=1S/C17H14N4O3/c18-11-12-3-8-16(21(23)24)15(10-12)19-13-4-6-14(7-5-13)20-9-1-2-17(20)22/h3-8,10,19H,1-2,9H2. The van der Waals surface area contributed by atoms with Gasteiger partial charge in [0, 0.05) is 30.4 Å². The highest BCUT2D eigenvalue weighted by atomic mass is 16.6. The second-order valence-electron chi connectivity index (χ2n) is 5.42. The maximum atomic E-state index is 11.7. The lowest BCUT2D eigenvalue weighted by Crippen LogP contribution is -2.23. The molecule has 120 valence electrons. The molecule has 2 aromatic carbocycles. The quantitative estimate of drug-likeness (QED) is 0.687. The van der Waals surface area contributed by atoms with Gasteiger partial charge in [0.1, 0.15) is 5.69 Å². The van der Waals surface area contributed by atoms with Crippen LogP contribution in [0.15, 0.2) is 42.5 Å². The maximum absolute atomic E-state index is 11.7. The number of hydrogen-bond donors (Lipinski definition) is 1. The summed E-state index contributed by atoms with van der Waals surface area (Å²) in [6.45, 7) is 0.710. The van der Waals surface area contributed by atoms with Gasteiger partial charge in [0.2, 0.25) is 5.91 Å². The molecule has 0 bridgehead atoms. The van der Waals surface area contributed by atoms with Crippen molar-refractivity contribution in [1.82, 2.24) is 0 Å². The van der Waals surface area contributed by atoms with Crippen LogP contribution < -0.4 is 10.2 Å². The van der Waals surface area contributed by atoms with Crippen LogP contribution in [0, 0.1) is 21.4 Å². The van der Waals surface area contributed by atoms with E-state index < -0.39 is 4.92 Å². The minimum Gasteiger partial charge on any atom is -0.350 e. The third-order valence-electron chi connectivity index (χ3n) is 3.85. The van der Waals surface area contributed by atoms with Crippen molar-refractivity contribution in [2.24, 2.45) is 0 Å². The van der Waals surface area contributed by atoms with Gasteiger partial charge in [-0.05, 0) is 42.8 Å². The number of nitriles is 1. The summed E-state index contributed by atoms with van der Waals surface area (Å²) in [7, 11) is 0. The largest absolute Gasteiger partial charge is 0.350 e. The summed E-state index contributed by atoms with van der Waals surface area (Å²) < 4.78 is 0. The lowest BCUT2D eigenvalue weighted by atomic mass is 10.1. The van der Waals surface area contributed by atoms with Crippen molar-refractivity contribution in [3.8, 4) is 6.07 Å². The van der Waals surface area contributed by atoms with Crippen LogP contribution in [0.2, 0.25) is 0 Å². The first-order chi connectivity index (χ1) is 11.6. The summed E-state index contributed by atoms with van der Waals surface area (Å²) >= 11 is 0. The Kier molecular flexibility index (Phi) is 4.12. The normalized spacial score (nSPS) is 13.6. The smallest absolute Gasteiger partial charge is 0.292 e. The van der Waals surface area contributed by atoms with Gasteiger partial charge in [-0.25, -0.2) is 0 Å². The number of nitrogens with zero attached hydrogens (tertiary/aromatic N) is 3. The average Bonchev–Trinajstić information content (AvgIpc) is 3.01. The zero-order valence-corrected chi connectivity index (χ0v) is 12.7. The van der Waals surface area contributed by atoms with E-state index in [9.17, 15) is 14.9 Å². The summed E-state index contributed by atoms with van der Waals surface area (Å²) in [6, 6.07) is 13.2. The van der Waals surface area contributed by atoms with E-state index in [0.717, 1.165) is 12.1 Å². The van der Waals surface area contributed by atoms with Gasteiger partial charge in [-0.3, -0.25) is 14.9 Å². The molecule has 0 spiro atoms. The van der Waals surface area contributed by atoms with Crippen molar-refractivity contribution in [2.75, 3.05) is 16.8 Å². The molecule has 1 aliphatic heterocycles. The Labute approximate surface area is 138 Å². The maximum Gasteiger partial charge on any atom is 0.292 e. The first-order valence-corrected chi connectivity index (χ1v) is 7.44. The van der Waals surface area contributed by atoms with E-state index in [1.54, 1.807) is 29.2 Å². The molecule has 1 aliphatic rings. The fraction of sp³-hybridized carbons (Fsp3) is 0.176. The molecule has 1 heterocycles. The Morgan fingerprint density at radius 3 is 2.54 bits per heavy atom. The van der Waals surface area contributed by atoms with Crippen LogP contribution in [0.3, 0.4) is 0 Å². The molecule has 0 unspecified atom stereocenters. The Balaban J connectivity index is 1.85. The van der Waals surface area contributed by atoms with E-state index >= 15 is 0 Å². The lowest BCUT2D eigenvalue weighted by Gasteiger charge is -2.16. The van der Waals surface area contributed by atoms with Gasteiger partial charge in [-0.15, -0.1) is 0 Å². The number of anilines is 3. The number of carbonyl (C=O) groups is 1. The van der Waals surface area contributed by atoms with E-state index in [1.165, 1.54) is 18.2 Å². The molecule has 2 aromatic rings. The minimum atomic E-state index is -0.499. The first kappa shape index (κ1) is 15.5. The first-order valence-electron chi connectivity index (χ1n) is 7.44. The molecule has 0 aliphatic carbocycles. The minimum absolute atomic E-state index is 0.104. The molecule has 0 radical (unpaired) electrons. The SMILES string of the molecule is N#Cc1ccc([N+](=O)[O-])c(Nc2ccc(N3CCCC3=O)cc2)c1. The van der Waals surface area contributed by atoms with Gasteiger partial charge in [0.25, 0.3) is 5.69 Å². The van der Waals surface area contributed by atoms with E-state index in [1.807, 2.05) is 6.07 Å². The van der Waals surface area contributed by atoms with Crippen LogP contribution in [-0.2, 0) is 4.79 Å². The van der Waals surface area contributed by atoms with Gasteiger partial charge in [0.05, 0.1) is 16.6 Å². The van der Waals surface area contributed by atoms with Crippen molar-refractivity contribution in [2.45, 2.75) is 12.8 Å². The Bertz CT molecular complexity index is 840. The molecule has 3 rings (SSSR count). The molecule has 1 fully saturated rings. The van der Waals surface area contributed by atoms with Gasteiger partial charge in [-0.1, -0.05) is 0 Å². The summed E-state index contributed by atoms with van der Waals surface area (Å²) in [4.78, 5) is 24.1. The highest BCUT2D eigenvalue weighted by Gasteiger charge is 2.21. The van der Waals surface area contributed by atoms with Gasteiger partial charge in [-0.2, -0.15) is 5.26 Å². The van der Waals surface area contributed by atoms with Crippen molar-refractivity contribution in [3.05, 3.63) is 58.1 Å². The number of nitrogens with one attached hydrogen (secondary N) is 1. The molecular formula is C17H14N4O3. The molecule has 1 amide bonds. The number of rotatable bonds is 4. The molecule has 7 nitrogen and oxygen atoms in total. The molecule has 0 saturated carbocycles. The van der Waals surface area contributed by atoms with Crippen LogP contribution >= 0.6 is 0 Å². The van der Waals surface area contributed by atoms with Crippen LogP contribution in [-0.4, -0.2) is 17.4 Å². The third-order valence-corrected chi connectivity index (χ3v) is 3.85. The number of benzene rings is 2. The highest BCUT2D eigenvalue weighted by molar-refractivity contribution is 5.95. The van der Waals surface area contributed by atoms with Crippen molar-refractivity contribution in [3.63, 3.8) is 0 Å². The number of nitro groups is 1. The third kappa shape index (κ3) is 3.03. The van der Waals surface area contributed by atoms with Gasteiger partial charge >= 0.3 is 0 Å². The van der Waals surface area contributed by atoms with Crippen molar-refractivity contribution >= 4 is 28.7 Å². The fourth-order valence-electron chi connectivity index (χ4n) is 2.67. The fourth-order valence-corrected chi connectivity index (χ4v) is 2.67. The molecular weight excluding hydrogens is 308 g/mol. The van der Waals surface area contributed by atoms with E-state index in [2.05, 4.69) is 5.32 Å².